The van der Waals surface area contributed by atoms with Crippen LogP contribution >= 0.6 is 0 Å². The van der Waals surface area contributed by atoms with Gasteiger partial charge < -0.3 is 104 Å². The van der Waals surface area contributed by atoms with Crippen LogP contribution in [0.3, 0.4) is 0 Å². The van der Waals surface area contributed by atoms with E-state index in [-0.39, 0.29) is 227 Å². The van der Waals surface area contributed by atoms with E-state index in [1.165, 1.54) is 72.8 Å². The first kappa shape index (κ1) is 104. The van der Waals surface area contributed by atoms with E-state index in [9.17, 15) is 97.1 Å². The molecule has 0 aromatic heterocycles. The number of imide groups is 1. The van der Waals surface area contributed by atoms with Gasteiger partial charge in [-0.05, 0) is 169 Å². The standard InChI is InChI=1S/C65H82N14O17.C24H45N3O7/c80-50(17-7-18-53(83)96-79-51(81)19-20-52(79)82)66-21-2-1-8-41-40-78-35-28-73-63(93)47-14-5-13-46(56(47)86)60(90)69-23-30-75-29-22-67-58(88)42-9-3-11-44(54(42)84)61(91)70-26-33-77(38-39-78)34-27-71-62(92)45-12-4-10-43(55(45)85)59(89)68-24-31-76(37-36-75)32-25-72-64(94)48-15-6-16-49(57(48)87)65(95)74-41;1-22(2,3)32-18(28)14-13-17(20(30)34-24(7,8)9)27-21(31)26-16(12-10-11-15-25)19(29)33-23(4,5)6/h3-6,9-16,41,84-87H,1-2,7-8,17-40H2,(H,66,80)(H,67,88)(H,68,89)(H,69,90)(H,70,91)(H,71,92)(H,72,94)(H,73,93)(H,74,95);16-17H,10-15,25H2,1-9H3,(H2,26,27,31)/t;16-,17-/m.0/s1. The van der Waals surface area contributed by atoms with Gasteiger partial charge >= 0.3 is 29.9 Å². The number of benzene rings is 4. The van der Waals surface area contributed by atoms with E-state index in [4.69, 9.17) is 24.8 Å². The van der Waals surface area contributed by atoms with Gasteiger partial charge in [0, 0.05) is 169 Å². The Bertz CT molecular complexity index is 4570. The first-order chi connectivity index (χ1) is 61.6. The van der Waals surface area contributed by atoms with Gasteiger partial charge in [0.1, 0.15) is 51.9 Å². The van der Waals surface area contributed by atoms with E-state index >= 15 is 0 Å². The highest BCUT2D eigenvalue weighted by Gasteiger charge is 2.36. The lowest BCUT2D eigenvalue weighted by Gasteiger charge is -2.31. The number of unbranched alkanes of at least 4 members (excludes halogenated alkanes) is 2. The number of esters is 3. The normalized spacial score (nSPS) is 19.4. The maximum absolute atomic E-state index is 14.6. The summed E-state index contributed by atoms with van der Waals surface area (Å²) in [4.78, 5) is 224. The molecule has 4 aromatic carbocycles. The fourth-order valence-corrected chi connectivity index (χ4v) is 14.0. The minimum Gasteiger partial charge on any atom is -0.506 e. The number of hydrogen-bond donors (Lipinski definition) is 16. The number of hydrogen-bond acceptors (Lipinski definition) is 29. The fourth-order valence-electron chi connectivity index (χ4n) is 14.0. The van der Waals surface area contributed by atoms with Gasteiger partial charge in [0.2, 0.25) is 5.91 Å². The summed E-state index contributed by atoms with van der Waals surface area (Å²) >= 11 is 0. The van der Waals surface area contributed by atoms with Crippen molar-refractivity contribution in [2.45, 2.75) is 181 Å². The number of urea groups is 1. The quantitative estimate of drug-likeness (QED) is 0.0246. The van der Waals surface area contributed by atoms with Crippen molar-refractivity contribution in [3.8, 4) is 23.0 Å². The first-order valence-corrected chi connectivity index (χ1v) is 43.8. The minimum absolute atomic E-state index is 0.00791. The van der Waals surface area contributed by atoms with Gasteiger partial charge in [-0.2, -0.15) is 0 Å². The second kappa shape index (κ2) is 51.0. The molecule has 9 rings (SSSR count). The van der Waals surface area contributed by atoms with Gasteiger partial charge in [0.05, 0.1) is 44.5 Å². The van der Waals surface area contributed by atoms with Crippen molar-refractivity contribution >= 4 is 94.9 Å². The highest BCUT2D eigenvalue weighted by molar-refractivity contribution is 6.07. The Morgan fingerprint density at radius 1 is 0.400 bits per heavy atom. The largest absolute Gasteiger partial charge is 0.506 e. The molecule has 4 aromatic rings. The summed E-state index contributed by atoms with van der Waals surface area (Å²) in [5, 5.41) is 77.2. The molecule has 12 bridgehead atoms. The zero-order chi connectivity index (χ0) is 95.4. The monoisotopic (exact) mass is 1820 g/mol. The van der Waals surface area contributed by atoms with Gasteiger partial charge in [-0.15, -0.1) is 5.06 Å². The van der Waals surface area contributed by atoms with Crippen molar-refractivity contribution in [2.75, 3.05) is 137 Å². The van der Waals surface area contributed by atoms with Gasteiger partial charge in [-0.3, -0.25) is 77.1 Å². The highest BCUT2D eigenvalue weighted by atomic mass is 16.7. The number of para-hydroxylation sites is 4. The lowest BCUT2D eigenvalue weighted by atomic mass is 10.0. The van der Waals surface area contributed by atoms with Gasteiger partial charge in [-0.1, -0.05) is 24.3 Å². The van der Waals surface area contributed by atoms with Crippen LogP contribution in [0.2, 0.25) is 0 Å². The molecule has 41 heteroatoms. The second-order valence-electron chi connectivity index (χ2n) is 34.5. The first-order valence-electron chi connectivity index (χ1n) is 43.8. The van der Waals surface area contributed by atoms with E-state index in [0.29, 0.717) is 43.7 Å². The van der Waals surface area contributed by atoms with E-state index in [1.54, 1.807) is 62.3 Å². The molecule has 5 unspecified atom stereocenters. The number of aromatic hydroxyl groups is 4. The maximum Gasteiger partial charge on any atom is 0.333 e. The average molecular weight is 1820 g/mol. The smallest absolute Gasteiger partial charge is 0.333 e. The molecule has 130 heavy (non-hydrogen) atoms. The predicted octanol–water partition coefficient (Wildman–Crippen LogP) is 2.09. The van der Waals surface area contributed by atoms with Crippen molar-refractivity contribution in [1.29, 1.82) is 0 Å². The molecule has 17 N–H and O–H groups in total. The van der Waals surface area contributed by atoms with Gasteiger partial charge in [0.15, 0.2) is 0 Å². The Balaban J connectivity index is 0.000000573. The summed E-state index contributed by atoms with van der Waals surface area (Å²) in [6.45, 7) is 17.5. The number of nitrogens with one attached hydrogen (secondary N) is 11. The van der Waals surface area contributed by atoms with E-state index in [0.717, 1.165) is 0 Å². The molecular formula is C89H127N17O24. The summed E-state index contributed by atoms with van der Waals surface area (Å²) in [6.07, 6.45) is 2.09. The summed E-state index contributed by atoms with van der Waals surface area (Å²) in [5.41, 5.74) is 1.76. The molecule has 712 valence electrons. The number of ether oxygens (including phenoxy) is 3. The molecule has 0 aliphatic carbocycles. The fraction of sp³-hybridized carbons (Fsp3) is 0.551. The van der Waals surface area contributed by atoms with Gasteiger partial charge in [-0.25, -0.2) is 19.2 Å². The lowest BCUT2D eigenvalue weighted by molar-refractivity contribution is -0.197. The van der Waals surface area contributed by atoms with E-state index in [1.807, 2.05) is 19.6 Å². The van der Waals surface area contributed by atoms with Crippen molar-refractivity contribution in [2.24, 2.45) is 5.73 Å². The van der Waals surface area contributed by atoms with Crippen LogP contribution in [0.1, 0.15) is 229 Å². The number of nitrogens with zero attached hydrogens (tertiary/aromatic N) is 5. The molecule has 0 radical (unpaired) electrons. The van der Waals surface area contributed by atoms with Crippen LogP contribution in [0.4, 0.5) is 4.79 Å². The molecule has 1 saturated heterocycles. The third-order valence-electron chi connectivity index (χ3n) is 20.7. The molecule has 1 fully saturated rings. The average Bonchev–Trinajstić information content (AvgIpc) is 1.42. The number of phenols is 4. The lowest BCUT2D eigenvalue weighted by Crippen LogP contribution is -2.53. The van der Waals surface area contributed by atoms with E-state index in [2.05, 4.69) is 58.5 Å². The summed E-state index contributed by atoms with van der Waals surface area (Å²) in [5.74, 6) is -12.3. The van der Waals surface area contributed by atoms with Crippen LogP contribution in [0.5, 0.6) is 23.0 Å². The third kappa shape index (κ3) is 35.1. The number of phenolic OH excluding ortho intramolecular Hbond substituents is 4. The van der Waals surface area contributed by atoms with Crippen molar-refractivity contribution in [3.63, 3.8) is 0 Å². The van der Waals surface area contributed by atoms with Crippen molar-refractivity contribution in [3.05, 3.63) is 117 Å². The Kier molecular flexibility index (Phi) is 41.0. The van der Waals surface area contributed by atoms with Crippen molar-refractivity contribution < 1.29 is 116 Å². The number of amides is 13. The Morgan fingerprint density at radius 2 is 0.731 bits per heavy atom. The molecule has 5 aliphatic heterocycles. The molecule has 0 saturated carbocycles. The van der Waals surface area contributed by atoms with Crippen LogP contribution in [-0.4, -0.2) is 312 Å². The minimum atomic E-state index is -1.12. The van der Waals surface area contributed by atoms with Crippen LogP contribution in [0.25, 0.3) is 0 Å². The second-order valence-corrected chi connectivity index (χ2v) is 34.5. The number of carbonyl (C=O) groups is 16. The van der Waals surface area contributed by atoms with Gasteiger partial charge in [0.25, 0.3) is 59.1 Å². The number of fused-ring (bicyclic) bond motifs is 26. The SMILES string of the molecule is CC(C)(C)OC(=O)CC[C@H](NC(=O)N[C@@H](CCCCN)C(=O)OC(C)(C)C)C(=O)OC(C)(C)C.O=C(CCCC(=O)ON1C(=O)CCC1=O)NCCCCC1CN2CCNC(=O)c3cccc(c3O)C(=O)NCCN3CCNC(=O)c4cccc(c4O)C(=O)NCCN(CCNC(=O)c4cccc(c4O)C(=O)NCCN(CCNC(=O)c4cccc(c4O)C(=O)N1)CC3)CC2. The van der Waals surface area contributed by atoms with E-state index < -0.39 is 153 Å². The van der Waals surface area contributed by atoms with Crippen LogP contribution < -0.4 is 64.2 Å². The molecule has 41 nitrogen and oxygen atoms in total. The number of nitrogens with two attached hydrogens (primary N) is 1. The molecule has 5 heterocycles. The molecule has 5 aliphatic rings. The van der Waals surface area contributed by atoms with Crippen molar-refractivity contribution in [1.82, 2.24) is 83.1 Å². The van der Waals surface area contributed by atoms with Crippen LogP contribution in [-0.2, 0) is 52.6 Å². The molecule has 7 atom stereocenters. The number of hydroxylamine groups is 2. The Labute approximate surface area is 755 Å². The molecule has 13 amide bonds. The Hall–Kier alpha value is -12.6. The molecule has 0 spiro atoms. The summed E-state index contributed by atoms with van der Waals surface area (Å²) in [7, 11) is 0. The maximum atomic E-state index is 14.6. The predicted molar refractivity (Wildman–Crippen MR) is 473 cm³/mol. The summed E-state index contributed by atoms with van der Waals surface area (Å²) in [6, 6.07) is 13.1. The Morgan fingerprint density at radius 3 is 1.08 bits per heavy atom. The molecular weight excluding hydrogens is 1690 g/mol. The van der Waals surface area contributed by atoms with Crippen LogP contribution in [0, 0.1) is 0 Å². The third-order valence-corrected chi connectivity index (χ3v) is 20.7. The zero-order valence-electron chi connectivity index (χ0n) is 75.5. The highest BCUT2D eigenvalue weighted by Crippen LogP contribution is 2.28. The van der Waals surface area contributed by atoms with Crippen LogP contribution in [0.15, 0.2) is 72.8 Å². The number of carbonyl (C=O) groups excluding carboxylic acids is 16. The number of rotatable bonds is 21. The zero-order valence-corrected chi connectivity index (χ0v) is 75.5. The summed E-state index contributed by atoms with van der Waals surface area (Å²) < 4.78 is 16.1. The topological polar surface area (TPSA) is 566 Å².